The van der Waals surface area contributed by atoms with E-state index in [4.69, 9.17) is 5.73 Å². The van der Waals surface area contributed by atoms with Crippen LogP contribution in [0, 0.1) is 0 Å². The van der Waals surface area contributed by atoms with Crippen molar-refractivity contribution < 1.29 is 4.79 Å². The number of rotatable bonds is 2. The molecule has 1 amide bonds. The Morgan fingerprint density at radius 2 is 2.17 bits per heavy atom. The van der Waals surface area contributed by atoms with Crippen molar-refractivity contribution in [1.82, 2.24) is 9.78 Å². The lowest BCUT2D eigenvalue weighted by atomic mass is 10.3. The normalized spacial score (nSPS) is 10.4. The molecule has 0 saturated heterocycles. The molecule has 0 bridgehead atoms. The lowest BCUT2D eigenvalue weighted by molar-refractivity contribution is 0.102. The summed E-state index contributed by atoms with van der Waals surface area (Å²) in [5.74, 6) is -0.341. The zero-order valence-electron chi connectivity index (χ0n) is 9.45. The second kappa shape index (κ2) is 5.11. The van der Waals surface area contributed by atoms with E-state index in [1.807, 2.05) is 12.1 Å². The molecule has 2 aromatic rings. The second-order valence-electron chi connectivity index (χ2n) is 3.69. The standard InChI is InChI=1S/C11H10Br2N4O/c1-17-5-8(14)10(16-17)11(18)15-9-4-6(12)2-3-7(9)13/h2-5H,14H2,1H3,(H,15,18). The first-order valence-corrected chi connectivity index (χ1v) is 6.61. The van der Waals surface area contributed by atoms with E-state index in [2.05, 4.69) is 42.3 Å². The Morgan fingerprint density at radius 1 is 1.44 bits per heavy atom. The first-order valence-electron chi connectivity index (χ1n) is 5.03. The number of carbonyl (C=O) groups excluding carboxylic acids is 1. The third-order valence-corrected chi connectivity index (χ3v) is 3.43. The number of carbonyl (C=O) groups is 1. The number of nitrogen functional groups attached to an aromatic ring is 1. The van der Waals surface area contributed by atoms with Gasteiger partial charge in [-0.3, -0.25) is 9.48 Å². The van der Waals surface area contributed by atoms with E-state index in [1.165, 1.54) is 4.68 Å². The van der Waals surface area contributed by atoms with E-state index in [9.17, 15) is 4.79 Å². The fraction of sp³-hybridized carbons (Fsp3) is 0.0909. The van der Waals surface area contributed by atoms with Gasteiger partial charge in [0, 0.05) is 22.2 Å². The molecule has 2 rings (SSSR count). The van der Waals surface area contributed by atoms with E-state index in [-0.39, 0.29) is 11.6 Å². The molecule has 1 aromatic carbocycles. The first-order chi connectivity index (χ1) is 8.47. The lowest BCUT2D eigenvalue weighted by Crippen LogP contribution is -2.15. The summed E-state index contributed by atoms with van der Waals surface area (Å²) < 4.78 is 3.16. The van der Waals surface area contributed by atoms with Gasteiger partial charge >= 0.3 is 0 Å². The summed E-state index contributed by atoms with van der Waals surface area (Å²) in [6.45, 7) is 0. The van der Waals surface area contributed by atoms with Crippen molar-refractivity contribution in [3.63, 3.8) is 0 Å². The minimum Gasteiger partial charge on any atom is -0.396 e. The molecular weight excluding hydrogens is 364 g/mol. The Bertz CT molecular complexity index is 609. The molecule has 7 heteroatoms. The van der Waals surface area contributed by atoms with Gasteiger partial charge in [0.2, 0.25) is 0 Å². The number of anilines is 2. The van der Waals surface area contributed by atoms with Gasteiger partial charge in [-0.2, -0.15) is 5.10 Å². The maximum Gasteiger partial charge on any atom is 0.278 e. The fourth-order valence-electron chi connectivity index (χ4n) is 1.46. The highest BCUT2D eigenvalue weighted by Gasteiger charge is 2.15. The monoisotopic (exact) mass is 372 g/mol. The first kappa shape index (κ1) is 13.1. The number of aromatic nitrogens is 2. The summed E-state index contributed by atoms with van der Waals surface area (Å²) in [5.41, 5.74) is 6.91. The zero-order valence-corrected chi connectivity index (χ0v) is 12.6. The highest BCUT2D eigenvalue weighted by molar-refractivity contribution is 9.11. The summed E-state index contributed by atoms with van der Waals surface area (Å²) in [6, 6.07) is 5.50. The van der Waals surface area contributed by atoms with Crippen LogP contribution in [0.25, 0.3) is 0 Å². The maximum atomic E-state index is 12.0. The van der Waals surface area contributed by atoms with Crippen LogP contribution in [0.5, 0.6) is 0 Å². The van der Waals surface area contributed by atoms with Crippen molar-refractivity contribution in [3.8, 4) is 0 Å². The van der Waals surface area contributed by atoms with Crippen LogP contribution in [0.3, 0.4) is 0 Å². The number of halogens is 2. The number of nitrogens with one attached hydrogen (secondary N) is 1. The van der Waals surface area contributed by atoms with Crippen LogP contribution in [-0.2, 0) is 7.05 Å². The van der Waals surface area contributed by atoms with Crippen molar-refractivity contribution in [1.29, 1.82) is 0 Å². The molecule has 0 atom stereocenters. The van der Waals surface area contributed by atoms with Crippen LogP contribution in [0.2, 0.25) is 0 Å². The summed E-state index contributed by atoms with van der Waals surface area (Å²) in [7, 11) is 1.71. The molecule has 1 aromatic heterocycles. The SMILES string of the molecule is Cn1cc(N)c(C(=O)Nc2cc(Br)ccc2Br)n1. The van der Waals surface area contributed by atoms with Gasteiger partial charge in [-0.25, -0.2) is 0 Å². The summed E-state index contributed by atoms with van der Waals surface area (Å²) in [6.07, 6.45) is 1.59. The molecular formula is C11H10Br2N4O. The molecule has 1 heterocycles. The highest BCUT2D eigenvalue weighted by atomic mass is 79.9. The van der Waals surface area contributed by atoms with Crippen molar-refractivity contribution in [2.45, 2.75) is 0 Å². The summed E-state index contributed by atoms with van der Waals surface area (Å²) in [4.78, 5) is 12.0. The van der Waals surface area contributed by atoms with Gasteiger partial charge in [0.15, 0.2) is 5.69 Å². The molecule has 18 heavy (non-hydrogen) atoms. The Balaban J connectivity index is 2.26. The summed E-state index contributed by atoms with van der Waals surface area (Å²) >= 11 is 6.71. The predicted octanol–water partition coefficient (Wildman–Crippen LogP) is 2.78. The zero-order chi connectivity index (χ0) is 13.3. The number of benzene rings is 1. The average Bonchev–Trinajstić information content (AvgIpc) is 2.63. The summed E-state index contributed by atoms with van der Waals surface area (Å²) in [5, 5.41) is 6.76. The molecule has 0 saturated carbocycles. The molecule has 0 aliphatic rings. The largest absolute Gasteiger partial charge is 0.396 e. The van der Waals surface area contributed by atoms with Crippen LogP contribution in [0.15, 0.2) is 33.3 Å². The predicted molar refractivity (Wildman–Crippen MR) is 77.4 cm³/mol. The molecule has 3 N–H and O–H groups in total. The smallest absolute Gasteiger partial charge is 0.278 e. The molecule has 94 valence electrons. The maximum absolute atomic E-state index is 12.0. The van der Waals surface area contributed by atoms with Gasteiger partial charge in [-0.05, 0) is 34.1 Å². The fourth-order valence-corrected chi connectivity index (χ4v) is 2.16. The number of aryl methyl sites for hydroxylation is 1. The minimum absolute atomic E-state index is 0.212. The van der Waals surface area contributed by atoms with Crippen molar-refractivity contribution in [2.75, 3.05) is 11.1 Å². The van der Waals surface area contributed by atoms with Crippen molar-refractivity contribution in [3.05, 3.63) is 39.0 Å². The van der Waals surface area contributed by atoms with Crippen LogP contribution in [0.4, 0.5) is 11.4 Å². The molecule has 5 nitrogen and oxygen atoms in total. The van der Waals surface area contributed by atoms with E-state index < -0.39 is 0 Å². The third kappa shape index (κ3) is 2.73. The Labute approximate surface area is 121 Å². The minimum atomic E-state index is -0.341. The van der Waals surface area contributed by atoms with Gasteiger partial charge in [-0.1, -0.05) is 15.9 Å². The van der Waals surface area contributed by atoms with Crippen LogP contribution < -0.4 is 11.1 Å². The molecule has 0 aliphatic heterocycles. The van der Waals surface area contributed by atoms with E-state index in [1.54, 1.807) is 19.3 Å². The van der Waals surface area contributed by atoms with Crippen molar-refractivity contribution in [2.24, 2.45) is 7.05 Å². The van der Waals surface area contributed by atoms with E-state index in [0.717, 1.165) is 8.95 Å². The number of nitrogens with zero attached hydrogens (tertiary/aromatic N) is 2. The Hall–Kier alpha value is -1.34. The van der Waals surface area contributed by atoms with Crippen LogP contribution in [0.1, 0.15) is 10.5 Å². The van der Waals surface area contributed by atoms with Gasteiger partial charge in [-0.15, -0.1) is 0 Å². The lowest BCUT2D eigenvalue weighted by Gasteiger charge is -2.06. The molecule has 0 fully saturated rings. The third-order valence-electron chi connectivity index (χ3n) is 2.25. The quantitative estimate of drug-likeness (QED) is 0.849. The number of hydrogen-bond donors (Lipinski definition) is 2. The molecule has 0 aliphatic carbocycles. The van der Waals surface area contributed by atoms with E-state index >= 15 is 0 Å². The van der Waals surface area contributed by atoms with Gasteiger partial charge < -0.3 is 11.1 Å². The van der Waals surface area contributed by atoms with Crippen molar-refractivity contribution >= 4 is 49.1 Å². The number of hydrogen-bond acceptors (Lipinski definition) is 3. The number of amides is 1. The Morgan fingerprint density at radius 3 is 2.78 bits per heavy atom. The van der Waals surface area contributed by atoms with Crippen LogP contribution >= 0.6 is 31.9 Å². The average molecular weight is 374 g/mol. The van der Waals surface area contributed by atoms with Gasteiger partial charge in [0.1, 0.15) is 0 Å². The molecule has 0 radical (unpaired) electrons. The number of nitrogens with two attached hydrogens (primary N) is 1. The second-order valence-corrected chi connectivity index (χ2v) is 5.46. The van der Waals surface area contributed by atoms with E-state index in [0.29, 0.717) is 11.4 Å². The van der Waals surface area contributed by atoms with Crippen LogP contribution in [-0.4, -0.2) is 15.7 Å². The topological polar surface area (TPSA) is 72.9 Å². The van der Waals surface area contributed by atoms with Gasteiger partial charge in [0.25, 0.3) is 5.91 Å². The highest BCUT2D eigenvalue weighted by Crippen LogP contribution is 2.26. The molecule has 0 unspecified atom stereocenters. The molecule has 0 spiro atoms. The van der Waals surface area contributed by atoms with Gasteiger partial charge in [0.05, 0.1) is 11.4 Å². The Kier molecular flexibility index (Phi) is 3.72.